The molecule has 214 valence electrons. The van der Waals surface area contributed by atoms with Crippen molar-refractivity contribution in [3.8, 4) is 0 Å². The molecule has 1 amide bonds. The number of nitrogens with one attached hydrogen (secondary N) is 1. The molecular weight excluding hydrogens is 496 g/mol. The number of aliphatic imine (C=N–C) groups is 1. The zero-order chi connectivity index (χ0) is 29.8. The van der Waals surface area contributed by atoms with Crippen LogP contribution >= 0.6 is 12.6 Å². The quantitative estimate of drug-likeness (QED) is 0.0364. The van der Waals surface area contributed by atoms with Crippen LogP contribution in [0.2, 0.25) is 0 Å². The van der Waals surface area contributed by atoms with Crippen molar-refractivity contribution in [3.05, 3.63) is 96.1 Å². The summed E-state index contributed by atoms with van der Waals surface area (Å²) in [5.74, 6) is 5.21. The summed E-state index contributed by atoms with van der Waals surface area (Å²) in [7, 11) is 0. The van der Waals surface area contributed by atoms with Crippen molar-refractivity contribution in [1.82, 2.24) is 10.3 Å². The fraction of sp³-hybridized carbons (Fsp3) is 0.379. The van der Waals surface area contributed by atoms with E-state index in [9.17, 15) is 4.79 Å². The number of thiol groups is 1. The lowest BCUT2D eigenvalue weighted by molar-refractivity contribution is -0.120. The number of hydrogen-bond donors (Lipinski definition) is 5. The number of nitrogens with two attached hydrogens (primary N) is 3. The van der Waals surface area contributed by atoms with Crippen molar-refractivity contribution in [2.45, 2.75) is 41.0 Å². The average Bonchev–Trinajstić information content (AvgIpc) is 2.96. The molecule has 7 N–H and O–H groups in total. The maximum atomic E-state index is 11.9. The van der Waals surface area contributed by atoms with Gasteiger partial charge in [0.2, 0.25) is 0 Å². The van der Waals surface area contributed by atoms with Crippen molar-refractivity contribution in [2.24, 2.45) is 22.3 Å². The number of aryl methyl sites for hydroxylation is 1. The third kappa shape index (κ3) is 22.1. The van der Waals surface area contributed by atoms with Crippen LogP contribution in [-0.2, 0) is 16.0 Å². The van der Waals surface area contributed by atoms with Crippen molar-refractivity contribution in [2.75, 3.05) is 32.6 Å². The number of carbonyl (C=O) groups excluding carboxylic acids is 1. The van der Waals surface area contributed by atoms with Gasteiger partial charge in [0.25, 0.3) is 5.91 Å². The second-order valence-electron chi connectivity index (χ2n) is 7.11. The Hall–Kier alpha value is -3.11. The Morgan fingerprint density at radius 3 is 2.32 bits per heavy atom. The van der Waals surface area contributed by atoms with Gasteiger partial charge in [-0.05, 0) is 50.9 Å². The molecule has 0 aliphatic heterocycles. The summed E-state index contributed by atoms with van der Waals surface area (Å²) in [5, 5.41) is 4.14. The number of nitrogens with zero attached hydrogens (tertiary/aromatic N) is 2. The molecule has 0 heterocycles. The van der Waals surface area contributed by atoms with Crippen LogP contribution in [-0.4, -0.2) is 49.8 Å². The van der Waals surface area contributed by atoms with Crippen molar-refractivity contribution >= 4 is 24.8 Å². The molecule has 0 bridgehead atoms. The molecule has 0 aliphatic carbocycles. The molecule has 1 aromatic rings. The first-order valence-electron chi connectivity index (χ1n) is 12.5. The zero-order valence-electron chi connectivity index (χ0n) is 24.1. The predicted molar refractivity (Wildman–Crippen MR) is 169 cm³/mol. The van der Waals surface area contributed by atoms with Gasteiger partial charge < -0.3 is 21.5 Å². The molecule has 8 nitrogen and oxygen atoms in total. The summed E-state index contributed by atoms with van der Waals surface area (Å²) in [4.78, 5) is 15.9. The number of ether oxygens (including phenoxy) is 1. The van der Waals surface area contributed by atoms with E-state index in [-0.39, 0.29) is 11.7 Å². The summed E-state index contributed by atoms with van der Waals surface area (Å²) in [5.41, 5.74) is 14.5. The number of amides is 1. The van der Waals surface area contributed by atoms with Gasteiger partial charge in [-0.2, -0.15) is 12.6 Å². The number of carbonyl (C=O) groups is 1. The van der Waals surface area contributed by atoms with E-state index in [2.05, 4.69) is 60.4 Å². The monoisotopic (exact) mass is 546 g/mol. The smallest absolute Gasteiger partial charge is 0.290 e. The molecule has 0 fully saturated rings. The number of allylic oxidation sites excluding steroid dienone is 4. The molecule has 1 rings (SSSR count). The van der Waals surface area contributed by atoms with Crippen LogP contribution in [0.15, 0.2) is 89.9 Å². The molecule has 0 aromatic heterocycles. The van der Waals surface area contributed by atoms with Gasteiger partial charge in [-0.25, -0.2) is 5.01 Å². The lowest BCUT2D eigenvalue weighted by Gasteiger charge is -2.12. The van der Waals surface area contributed by atoms with Crippen LogP contribution < -0.4 is 22.6 Å². The number of rotatable bonds is 13. The molecule has 0 unspecified atom stereocenters. The Balaban J connectivity index is -0.000000649. The Bertz CT molecular complexity index is 878. The van der Waals surface area contributed by atoms with Gasteiger partial charge in [-0.1, -0.05) is 69.0 Å². The number of hydrazine groups is 1. The van der Waals surface area contributed by atoms with E-state index in [0.29, 0.717) is 25.5 Å². The van der Waals surface area contributed by atoms with Gasteiger partial charge in [-0.3, -0.25) is 15.6 Å². The second kappa shape index (κ2) is 28.5. The summed E-state index contributed by atoms with van der Waals surface area (Å²) in [6.07, 6.45) is 12.6. The molecular formula is C29H50N6O2S. The van der Waals surface area contributed by atoms with E-state index >= 15 is 0 Å². The lowest BCUT2D eigenvalue weighted by atomic mass is 10.1. The summed E-state index contributed by atoms with van der Waals surface area (Å²) in [6.45, 7) is 19.2. The first-order valence-corrected chi connectivity index (χ1v) is 13.4. The van der Waals surface area contributed by atoms with Gasteiger partial charge in [-0.15, -0.1) is 0 Å². The first kappa shape index (κ1) is 39.4. The summed E-state index contributed by atoms with van der Waals surface area (Å²) >= 11 is 3.53. The van der Waals surface area contributed by atoms with Crippen molar-refractivity contribution in [3.63, 3.8) is 0 Å². The predicted octanol–water partition coefficient (Wildman–Crippen LogP) is 4.41. The first-order chi connectivity index (χ1) is 18.3. The Labute approximate surface area is 236 Å². The molecule has 0 atom stereocenters. The van der Waals surface area contributed by atoms with Gasteiger partial charge in [0.05, 0.1) is 13.3 Å². The van der Waals surface area contributed by atoms with Crippen molar-refractivity contribution in [1.29, 1.82) is 0 Å². The molecule has 1 aromatic carbocycles. The highest BCUT2D eigenvalue weighted by Gasteiger charge is 2.08. The third-order valence-electron chi connectivity index (χ3n) is 4.26. The van der Waals surface area contributed by atoms with E-state index in [0.717, 1.165) is 18.5 Å². The molecule has 0 spiro atoms. The lowest BCUT2D eigenvalue weighted by Crippen LogP contribution is -2.38. The highest BCUT2D eigenvalue weighted by molar-refractivity contribution is 7.79. The standard InChI is InChI=1S/C19H23NO2.C7H17N5.C2H6.CH4S/c1-5-7-8-18(6-2)20-19(21)16(4)22-14-13-17-11-9-15(3)10-12-17;1-2-11-4-7(3-8)5-12(10)6-9;2*1-2/h5-12H,2,4,13-14H2,1,3H3,(H,20,21);3-4H,2,5-6,8-10H2,1H3;1-2H3;2H,1H3/b7-5-,18-8+;7-3+,11-4?;;. The maximum Gasteiger partial charge on any atom is 0.290 e. The molecule has 0 saturated carbocycles. The van der Waals surface area contributed by atoms with E-state index < -0.39 is 0 Å². The molecule has 38 heavy (non-hydrogen) atoms. The Kier molecular flexibility index (Phi) is 29.5. The van der Waals surface area contributed by atoms with Gasteiger partial charge in [0.15, 0.2) is 5.76 Å². The van der Waals surface area contributed by atoms with Crippen LogP contribution in [0.3, 0.4) is 0 Å². The fourth-order valence-electron chi connectivity index (χ4n) is 2.32. The van der Waals surface area contributed by atoms with Crippen LogP contribution in [0, 0.1) is 6.92 Å². The van der Waals surface area contributed by atoms with E-state index in [1.165, 1.54) is 22.3 Å². The highest BCUT2D eigenvalue weighted by Crippen LogP contribution is 2.06. The van der Waals surface area contributed by atoms with Gasteiger partial charge >= 0.3 is 0 Å². The van der Waals surface area contributed by atoms with E-state index in [1.807, 2.05) is 46.8 Å². The normalized spacial score (nSPS) is 11.0. The minimum absolute atomic E-state index is 0.0975. The average molecular weight is 547 g/mol. The van der Waals surface area contributed by atoms with Crippen molar-refractivity contribution < 1.29 is 9.53 Å². The van der Waals surface area contributed by atoms with Crippen LogP contribution in [0.5, 0.6) is 0 Å². The fourth-order valence-corrected chi connectivity index (χ4v) is 2.32. The number of benzene rings is 1. The molecule has 9 heteroatoms. The van der Waals surface area contributed by atoms with E-state index in [1.54, 1.807) is 24.6 Å². The van der Waals surface area contributed by atoms with Gasteiger partial charge in [0.1, 0.15) is 0 Å². The zero-order valence-corrected chi connectivity index (χ0v) is 25.0. The van der Waals surface area contributed by atoms with Crippen LogP contribution in [0.25, 0.3) is 0 Å². The Morgan fingerprint density at radius 1 is 1.24 bits per heavy atom. The minimum Gasteiger partial charge on any atom is -0.488 e. The summed E-state index contributed by atoms with van der Waals surface area (Å²) in [6, 6.07) is 8.22. The van der Waals surface area contributed by atoms with Crippen LogP contribution in [0.4, 0.5) is 0 Å². The maximum absolute atomic E-state index is 11.9. The van der Waals surface area contributed by atoms with E-state index in [4.69, 9.17) is 22.0 Å². The summed E-state index contributed by atoms with van der Waals surface area (Å²) < 4.78 is 5.40. The molecule has 0 aliphatic rings. The Morgan fingerprint density at radius 2 is 1.84 bits per heavy atom. The van der Waals surface area contributed by atoms with Crippen LogP contribution in [0.1, 0.15) is 38.8 Å². The highest BCUT2D eigenvalue weighted by atomic mass is 32.1. The van der Waals surface area contributed by atoms with Gasteiger partial charge in [0, 0.05) is 37.0 Å². The second-order valence-corrected chi connectivity index (χ2v) is 7.11. The topological polar surface area (TPSA) is 132 Å². The SMILES string of the molecule is C=C/C(=C\C=C/C)NC(=O)C(=C)OCCc1ccc(C)cc1.CC.CCN=C/C(=C\N)CN(N)CN.CS. The molecule has 0 saturated heterocycles. The largest absolute Gasteiger partial charge is 0.488 e. The number of hydrogen-bond acceptors (Lipinski definition) is 8. The minimum atomic E-state index is -0.362. The third-order valence-corrected chi connectivity index (χ3v) is 4.26. The molecule has 0 radical (unpaired) electrons.